The van der Waals surface area contributed by atoms with E-state index in [1.165, 1.54) is 18.6 Å². The number of carbonyl (C=O) groups is 2. The van der Waals surface area contributed by atoms with Gasteiger partial charge < -0.3 is 24.8 Å². The van der Waals surface area contributed by atoms with Crippen LogP contribution >= 0.6 is 0 Å². The van der Waals surface area contributed by atoms with Gasteiger partial charge in [-0.2, -0.15) is 0 Å². The average molecular weight is 596 g/mol. The zero-order valence-corrected chi connectivity index (χ0v) is 25.1. The number of nitrogens with zero attached hydrogens (tertiary/aromatic N) is 4. The Kier molecular flexibility index (Phi) is 9.83. The lowest BCUT2D eigenvalue weighted by molar-refractivity contribution is 0.0343. The van der Waals surface area contributed by atoms with Gasteiger partial charge in [-0.15, -0.1) is 0 Å². The first-order valence-electron chi connectivity index (χ1n) is 14.6. The van der Waals surface area contributed by atoms with Crippen molar-refractivity contribution in [2.45, 2.75) is 32.5 Å². The largest absolute Gasteiger partial charge is 0.486 e. The van der Waals surface area contributed by atoms with Crippen LogP contribution in [-0.2, 0) is 6.54 Å². The predicted octanol–water partition coefficient (Wildman–Crippen LogP) is 4.87. The van der Waals surface area contributed by atoms with Gasteiger partial charge in [0, 0.05) is 37.9 Å². The summed E-state index contributed by atoms with van der Waals surface area (Å²) in [6.07, 6.45) is 3.97. The molecule has 1 aliphatic rings. The molecular formula is C34H37N5O5. The first kappa shape index (κ1) is 30.7. The number of likely N-dealkylation sites (N-methyl/N-ethyl adjacent to an activating group) is 1. The number of aliphatic hydroxyl groups is 1. The molecule has 10 nitrogen and oxygen atoms in total. The number of rotatable bonds is 10. The molecule has 0 spiro atoms. The summed E-state index contributed by atoms with van der Waals surface area (Å²) >= 11 is 0. The molecule has 2 N–H and O–H groups in total. The summed E-state index contributed by atoms with van der Waals surface area (Å²) in [5.41, 5.74) is 1.92. The van der Waals surface area contributed by atoms with E-state index in [-0.39, 0.29) is 36.0 Å². The van der Waals surface area contributed by atoms with E-state index in [2.05, 4.69) is 20.2 Å². The van der Waals surface area contributed by atoms with Gasteiger partial charge in [-0.3, -0.25) is 19.5 Å². The van der Waals surface area contributed by atoms with E-state index in [0.29, 0.717) is 30.9 Å². The number of benzene rings is 3. The molecule has 0 radical (unpaired) electrons. The molecule has 1 aromatic heterocycles. The number of ether oxygens (including phenoxy) is 2. The van der Waals surface area contributed by atoms with Gasteiger partial charge in [0.05, 0.1) is 30.1 Å². The van der Waals surface area contributed by atoms with Crippen LogP contribution in [-0.4, -0.2) is 75.6 Å². The number of anilines is 1. The molecule has 0 unspecified atom stereocenters. The topological polar surface area (TPSA) is 117 Å². The highest BCUT2D eigenvalue weighted by molar-refractivity contribution is 6.06. The second-order valence-corrected chi connectivity index (χ2v) is 11.1. The maximum Gasteiger partial charge on any atom is 0.275 e. The van der Waals surface area contributed by atoms with Crippen molar-refractivity contribution in [1.29, 1.82) is 0 Å². The molecule has 2 amide bonds. The first-order chi connectivity index (χ1) is 21.3. The molecule has 3 aromatic carbocycles. The van der Waals surface area contributed by atoms with Gasteiger partial charge in [-0.05, 0) is 55.9 Å². The first-order valence-corrected chi connectivity index (χ1v) is 14.6. The Morgan fingerprint density at radius 2 is 1.84 bits per heavy atom. The molecule has 0 aliphatic carbocycles. The minimum absolute atomic E-state index is 0.0889. The fourth-order valence-corrected chi connectivity index (χ4v) is 5.13. The third-order valence-corrected chi connectivity index (χ3v) is 7.58. The Bertz CT molecular complexity index is 1550. The lowest BCUT2D eigenvalue weighted by Gasteiger charge is -2.38. The number of para-hydroxylation sites is 2. The van der Waals surface area contributed by atoms with Gasteiger partial charge in [0.25, 0.3) is 11.8 Å². The molecule has 228 valence electrons. The van der Waals surface area contributed by atoms with Crippen LogP contribution in [0.4, 0.5) is 5.69 Å². The van der Waals surface area contributed by atoms with Gasteiger partial charge in [0.1, 0.15) is 23.3 Å². The zero-order chi connectivity index (χ0) is 31.1. The van der Waals surface area contributed by atoms with E-state index in [4.69, 9.17) is 9.47 Å². The highest BCUT2D eigenvalue weighted by Gasteiger charge is 2.34. The molecule has 0 saturated carbocycles. The maximum atomic E-state index is 13.7. The fraction of sp³-hybridized carbons (Fsp3) is 0.294. The quantitative estimate of drug-likeness (QED) is 0.267. The summed E-state index contributed by atoms with van der Waals surface area (Å²) in [4.78, 5) is 38.6. The summed E-state index contributed by atoms with van der Waals surface area (Å²) in [5.74, 6) is 1.00. The van der Waals surface area contributed by atoms with Gasteiger partial charge in [0.2, 0.25) is 0 Å². The van der Waals surface area contributed by atoms with Crippen molar-refractivity contribution in [2.24, 2.45) is 5.92 Å². The molecule has 5 rings (SSSR count). The predicted molar refractivity (Wildman–Crippen MR) is 167 cm³/mol. The molecule has 0 saturated heterocycles. The SMILES string of the molecule is C[C@H](CO)N1C[C@H](C)[C@H](CN(C)Cc2ccc(Oc3ccccc3)cc2)Oc2c(NC(=O)c3cnccn3)cccc2C1=O. The molecular weight excluding hydrogens is 558 g/mol. The van der Waals surface area contributed by atoms with E-state index in [0.717, 1.165) is 17.1 Å². The molecule has 0 fully saturated rings. The Morgan fingerprint density at radius 1 is 1.09 bits per heavy atom. The van der Waals surface area contributed by atoms with Crippen molar-refractivity contribution in [3.8, 4) is 17.2 Å². The van der Waals surface area contributed by atoms with Crippen LogP contribution in [0.3, 0.4) is 0 Å². The summed E-state index contributed by atoms with van der Waals surface area (Å²) in [6, 6.07) is 22.3. The van der Waals surface area contributed by atoms with Gasteiger partial charge in [-0.25, -0.2) is 4.98 Å². The van der Waals surface area contributed by atoms with E-state index in [1.807, 2.05) is 75.5 Å². The van der Waals surface area contributed by atoms with Gasteiger partial charge >= 0.3 is 0 Å². The van der Waals surface area contributed by atoms with E-state index in [1.54, 1.807) is 23.1 Å². The highest BCUT2D eigenvalue weighted by atomic mass is 16.5. The lowest BCUT2D eigenvalue weighted by Crippen LogP contribution is -2.49. The Balaban J connectivity index is 1.36. The van der Waals surface area contributed by atoms with Gasteiger partial charge in [-0.1, -0.05) is 43.3 Å². The summed E-state index contributed by atoms with van der Waals surface area (Å²) in [6.45, 7) is 5.28. The second-order valence-electron chi connectivity index (χ2n) is 11.1. The minimum Gasteiger partial charge on any atom is -0.486 e. The van der Waals surface area contributed by atoms with Crippen molar-refractivity contribution >= 4 is 17.5 Å². The van der Waals surface area contributed by atoms with E-state index < -0.39 is 11.9 Å². The summed E-state index contributed by atoms with van der Waals surface area (Å²) < 4.78 is 12.5. The Labute approximate surface area is 257 Å². The summed E-state index contributed by atoms with van der Waals surface area (Å²) in [5, 5.41) is 12.8. The monoisotopic (exact) mass is 595 g/mol. The average Bonchev–Trinajstić information content (AvgIpc) is 3.04. The number of amides is 2. The van der Waals surface area contributed by atoms with Crippen LogP contribution < -0.4 is 14.8 Å². The standard InChI is InChI=1S/C34H37N5O5/c1-23-19-39(24(2)22-40)34(42)28-10-7-11-29(37-33(41)30-18-35-16-17-36-30)32(28)44-31(23)21-38(3)20-25-12-14-27(15-13-25)43-26-8-5-4-6-9-26/h4-18,23-24,31,40H,19-22H2,1-3H3,(H,37,41)/t23-,24+,31-/m0/s1. The smallest absolute Gasteiger partial charge is 0.275 e. The normalized spacial score (nSPS) is 17.2. The number of hydrogen-bond donors (Lipinski definition) is 2. The highest BCUT2D eigenvalue weighted by Crippen LogP contribution is 2.35. The number of hydrogen-bond acceptors (Lipinski definition) is 8. The number of fused-ring (bicyclic) bond motifs is 1. The number of aromatic nitrogens is 2. The van der Waals surface area contributed by atoms with Crippen LogP contribution in [0.5, 0.6) is 17.2 Å². The summed E-state index contributed by atoms with van der Waals surface area (Å²) in [7, 11) is 2.02. The van der Waals surface area contributed by atoms with Crippen LogP contribution in [0.25, 0.3) is 0 Å². The maximum absolute atomic E-state index is 13.7. The lowest BCUT2D eigenvalue weighted by atomic mass is 9.98. The molecule has 4 aromatic rings. The fourth-order valence-electron chi connectivity index (χ4n) is 5.13. The van der Waals surface area contributed by atoms with Gasteiger partial charge in [0.15, 0.2) is 5.75 Å². The zero-order valence-electron chi connectivity index (χ0n) is 25.1. The van der Waals surface area contributed by atoms with Crippen molar-refractivity contribution in [3.63, 3.8) is 0 Å². The van der Waals surface area contributed by atoms with Crippen LogP contribution in [0.15, 0.2) is 91.4 Å². The van der Waals surface area contributed by atoms with Crippen molar-refractivity contribution < 1.29 is 24.2 Å². The molecule has 3 atom stereocenters. The Morgan fingerprint density at radius 3 is 2.55 bits per heavy atom. The third kappa shape index (κ3) is 7.39. The molecule has 0 bridgehead atoms. The number of nitrogens with one attached hydrogen (secondary N) is 1. The van der Waals surface area contributed by atoms with Crippen molar-refractivity contribution in [1.82, 2.24) is 19.8 Å². The van der Waals surface area contributed by atoms with Crippen LogP contribution in [0, 0.1) is 5.92 Å². The molecule has 10 heteroatoms. The molecule has 1 aliphatic heterocycles. The number of carbonyl (C=O) groups excluding carboxylic acids is 2. The second kappa shape index (κ2) is 14.1. The van der Waals surface area contributed by atoms with Crippen molar-refractivity contribution in [3.05, 3.63) is 108 Å². The Hall–Kier alpha value is -4.80. The van der Waals surface area contributed by atoms with Crippen molar-refractivity contribution in [2.75, 3.05) is 32.1 Å². The minimum atomic E-state index is -0.466. The third-order valence-electron chi connectivity index (χ3n) is 7.58. The molecule has 44 heavy (non-hydrogen) atoms. The molecule has 2 heterocycles. The van der Waals surface area contributed by atoms with E-state index in [9.17, 15) is 14.7 Å². The van der Waals surface area contributed by atoms with Crippen LogP contribution in [0.1, 0.15) is 40.3 Å². The number of aliphatic hydroxyl groups excluding tert-OH is 1. The van der Waals surface area contributed by atoms with E-state index >= 15 is 0 Å². The van der Waals surface area contributed by atoms with Crippen LogP contribution in [0.2, 0.25) is 0 Å².